The van der Waals surface area contributed by atoms with Crippen LogP contribution in [0.15, 0.2) is 28.7 Å². The predicted octanol–water partition coefficient (Wildman–Crippen LogP) is 2.69. The van der Waals surface area contributed by atoms with Crippen LogP contribution in [0.5, 0.6) is 0 Å². The third-order valence-electron chi connectivity index (χ3n) is 2.35. The van der Waals surface area contributed by atoms with Gasteiger partial charge in [-0.25, -0.2) is 0 Å². The molecule has 0 aliphatic heterocycles. The number of anilines is 1. The summed E-state index contributed by atoms with van der Waals surface area (Å²) in [6, 6.07) is 7.11. The summed E-state index contributed by atoms with van der Waals surface area (Å²) in [5, 5.41) is 5.13. The summed E-state index contributed by atoms with van der Waals surface area (Å²) in [6.45, 7) is 2.63. The van der Waals surface area contributed by atoms with Crippen molar-refractivity contribution >= 4 is 33.4 Å². The molecule has 1 aromatic rings. The zero-order chi connectivity index (χ0) is 13.4. The number of halogens is 1. The lowest BCUT2D eigenvalue weighted by Crippen LogP contribution is -2.35. The monoisotopic (exact) mass is 312 g/mol. The summed E-state index contributed by atoms with van der Waals surface area (Å²) < 4.78 is 0.851. The number of amides is 2. The van der Waals surface area contributed by atoms with Gasteiger partial charge in [0.15, 0.2) is 0 Å². The van der Waals surface area contributed by atoms with E-state index in [0.29, 0.717) is 12.2 Å². The minimum absolute atomic E-state index is 0.540. The van der Waals surface area contributed by atoms with Crippen LogP contribution < -0.4 is 10.6 Å². The second-order valence-corrected chi connectivity index (χ2v) is 4.84. The van der Waals surface area contributed by atoms with Gasteiger partial charge in [-0.05, 0) is 24.6 Å². The van der Waals surface area contributed by atoms with Gasteiger partial charge in [0.1, 0.15) is 0 Å². The third kappa shape index (κ3) is 5.31. The molecule has 0 saturated carbocycles. The molecule has 2 N–H and O–H groups in total. The summed E-state index contributed by atoms with van der Waals surface area (Å²) in [7, 11) is 0. The molecule has 0 heterocycles. The van der Waals surface area contributed by atoms with E-state index in [4.69, 9.17) is 0 Å². The molecule has 1 rings (SSSR count). The zero-order valence-corrected chi connectivity index (χ0v) is 11.9. The van der Waals surface area contributed by atoms with Crippen LogP contribution in [0.3, 0.4) is 0 Å². The van der Waals surface area contributed by atoms with Gasteiger partial charge in [-0.1, -0.05) is 41.8 Å². The quantitative estimate of drug-likeness (QED) is 0.648. The standard InChI is InChI=1S/C13H17BrN2O2/c1-2-3-4-8-15-12(17)13(18)16-11-7-5-6-10(14)9-11/h5-7,9H,2-4,8H2,1H3,(H,15,17)(H,16,18). The fourth-order valence-electron chi connectivity index (χ4n) is 1.41. The van der Waals surface area contributed by atoms with Crippen molar-refractivity contribution in [1.82, 2.24) is 5.32 Å². The van der Waals surface area contributed by atoms with E-state index in [2.05, 4.69) is 33.5 Å². The Labute approximate surface area is 115 Å². The number of unbranched alkanes of at least 4 members (excludes halogenated alkanes) is 2. The number of hydrogen-bond acceptors (Lipinski definition) is 2. The minimum atomic E-state index is -0.635. The fourth-order valence-corrected chi connectivity index (χ4v) is 1.81. The van der Waals surface area contributed by atoms with Gasteiger partial charge in [-0.3, -0.25) is 9.59 Å². The Balaban J connectivity index is 2.38. The Hall–Kier alpha value is -1.36. The van der Waals surface area contributed by atoms with Crippen LogP contribution in [0.2, 0.25) is 0 Å². The molecule has 0 aromatic heterocycles. The first kappa shape index (κ1) is 14.7. The van der Waals surface area contributed by atoms with Gasteiger partial charge in [0.25, 0.3) is 0 Å². The number of carbonyl (C=O) groups is 2. The zero-order valence-electron chi connectivity index (χ0n) is 10.3. The van der Waals surface area contributed by atoms with Crippen molar-refractivity contribution in [3.8, 4) is 0 Å². The first-order chi connectivity index (χ1) is 8.63. The van der Waals surface area contributed by atoms with Gasteiger partial charge in [0, 0.05) is 16.7 Å². The lowest BCUT2D eigenvalue weighted by molar-refractivity contribution is -0.136. The molecule has 0 radical (unpaired) electrons. The fraction of sp³-hybridized carbons (Fsp3) is 0.385. The molecule has 2 amide bonds. The molecule has 0 aliphatic rings. The summed E-state index contributed by atoms with van der Waals surface area (Å²) in [6.07, 6.45) is 3.03. The lowest BCUT2D eigenvalue weighted by atomic mass is 10.2. The first-order valence-electron chi connectivity index (χ1n) is 5.98. The molecule has 0 aliphatic carbocycles. The Morgan fingerprint density at radius 2 is 2.00 bits per heavy atom. The summed E-state index contributed by atoms with van der Waals surface area (Å²) >= 11 is 3.30. The van der Waals surface area contributed by atoms with Gasteiger partial charge in [-0.15, -0.1) is 0 Å². The number of carbonyl (C=O) groups excluding carboxylic acids is 2. The van der Waals surface area contributed by atoms with Gasteiger partial charge >= 0.3 is 11.8 Å². The smallest absolute Gasteiger partial charge is 0.313 e. The molecule has 0 fully saturated rings. The first-order valence-corrected chi connectivity index (χ1v) is 6.77. The largest absolute Gasteiger partial charge is 0.348 e. The highest BCUT2D eigenvalue weighted by molar-refractivity contribution is 9.10. The van der Waals surface area contributed by atoms with E-state index in [1.807, 2.05) is 6.07 Å². The number of nitrogens with one attached hydrogen (secondary N) is 2. The average Bonchev–Trinajstić information content (AvgIpc) is 2.34. The second kappa shape index (κ2) is 7.87. The van der Waals surface area contributed by atoms with Gasteiger partial charge in [0.05, 0.1) is 0 Å². The molecule has 0 bridgehead atoms. The number of rotatable bonds is 5. The van der Waals surface area contributed by atoms with Crippen molar-refractivity contribution in [3.05, 3.63) is 28.7 Å². The van der Waals surface area contributed by atoms with Crippen LogP contribution in [0.25, 0.3) is 0 Å². The van der Waals surface area contributed by atoms with E-state index >= 15 is 0 Å². The number of hydrogen-bond donors (Lipinski definition) is 2. The van der Waals surface area contributed by atoms with Crippen LogP contribution in [0, 0.1) is 0 Å². The molecule has 0 saturated heterocycles. The molecule has 98 valence electrons. The van der Waals surface area contributed by atoms with Gasteiger partial charge in [0.2, 0.25) is 0 Å². The SMILES string of the molecule is CCCCCNC(=O)C(=O)Nc1cccc(Br)c1. The summed E-state index contributed by atoms with van der Waals surface area (Å²) in [4.78, 5) is 23.0. The van der Waals surface area contributed by atoms with Gasteiger partial charge in [-0.2, -0.15) is 0 Å². The maximum absolute atomic E-state index is 11.5. The minimum Gasteiger partial charge on any atom is -0.348 e. The van der Waals surface area contributed by atoms with Crippen LogP contribution in [0.1, 0.15) is 26.2 Å². The highest BCUT2D eigenvalue weighted by atomic mass is 79.9. The van der Waals surface area contributed by atoms with Crippen molar-refractivity contribution in [2.45, 2.75) is 26.2 Å². The summed E-state index contributed by atoms with van der Waals surface area (Å²) in [5.74, 6) is -1.23. The molecular formula is C13H17BrN2O2. The van der Waals surface area contributed by atoms with Gasteiger partial charge < -0.3 is 10.6 Å². The van der Waals surface area contributed by atoms with Crippen LogP contribution in [-0.2, 0) is 9.59 Å². The molecule has 0 spiro atoms. The molecule has 4 nitrogen and oxygen atoms in total. The average molecular weight is 313 g/mol. The highest BCUT2D eigenvalue weighted by Crippen LogP contribution is 2.15. The molecular weight excluding hydrogens is 296 g/mol. The van der Waals surface area contributed by atoms with Crippen molar-refractivity contribution < 1.29 is 9.59 Å². The predicted molar refractivity (Wildman–Crippen MR) is 75.3 cm³/mol. The van der Waals surface area contributed by atoms with E-state index < -0.39 is 11.8 Å². The van der Waals surface area contributed by atoms with Crippen LogP contribution in [-0.4, -0.2) is 18.4 Å². The number of benzene rings is 1. The van der Waals surface area contributed by atoms with E-state index in [0.717, 1.165) is 23.7 Å². The third-order valence-corrected chi connectivity index (χ3v) is 2.85. The molecule has 0 atom stereocenters. The van der Waals surface area contributed by atoms with Crippen molar-refractivity contribution in [2.75, 3.05) is 11.9 Å². The Morgan fingerprint density at radius 3 is 2.67 bits per heavy atom. The molecule has 5 heteroatoms. The van der Waals surface area contributed by atoms with E-state index in [-0.39, 0.29) is 0 Å². The second-order valence-electron chi connectivity index (χ2n) is 3.93. The molecule has 0 unspecified atom stereocenters. The van der Waals surface area contributed by atoms with Crippen molar-refractivity contribution in [1.29, 1.82) is 0 Å². The Morgan fingerprint density at radius 1 is 1.22 bits per heavy atom. The maximum Gasteiger partial charge on any atom is 0.313 e. The van der Waals surface area contributed by atoms with E-state index in [9.17, 15) is 9.59 Å². The Bertz CT molecular complexity index is 421. The molecule has 1 aromatic carbocycles. The Kier molecular flexibility index (Phi) is 6.43. The van der Waals surface area contributed by atoms with Crippen LogP contribution >= 0.6 is 15.9 Å². The lowest BCUT2D eigenvalue weighted by Gasteiger charge is -2.06. The molecule has 18 heavy (non-hydrogen) atoms. The van der Waals surface area contributed by atoms with Crippen LogP contribution in [0.4, 0.5) is 5.69 Å². The van der Waals surface area contributed by atoms with E-state index in [1.54, 1.807) is 18.2 Å². The van der Waals surface area contributed by atoms with Crippen molar-refractivity contribution in [2.24, 2.45) is 0 Å². The maximum atomic E-state index is 11.5. The van der Waals surface area contributed by atoms with Crippen molar-refractivity contribution in [3.63, 3.8) is 0 Å². The highest BCUT2D eigenvalue weighted by Gasteiger charge is 2.12. The normalized spacial score (nSPS) is 9.89. The van der Waals surface area contributed by atoms with E-state index in [1.165, 1.54) is 0 Å². The topological polar surface area (TPSA) is 58.2 Å². The summed E-state index contributed by atoms with van der Waals surface area (Å²) in [5.41, 5.74) is 0.595.